The van der Waals surface area contributed by atoms with Gasteiger partial charge in [-0.3, -0.25) is 4.79 Å². The van der Waals surface area contributed by atoms with Crippen LogP contribution >= 0.6 is 0 Å². The van der Waals surface area contributed by atoms with Gasteiger partial charge in [-0.25, -0.2) is 9.97 Å². The second kappa shape index (κ2) is 8.62. The summed E-state index contributed by atoms with van der Waals surface area (Å²) >= 11 is 0. The summed E-state index contributed by atoms with van der Waals surface area (Å²) in [5, 5.41) is 12.0. The molecule has 0 radical (unpaired) electrons. The van der Waals surface area contributed by atoms with Crippen LogP contribution < -0.4 is 10.2 Å². The van der Waals surface area contributed by atoms with Crippen LogP contribution in [0, 0.1) is 18.3 Å². The minimum atomic E-state index is -0.0934. The van der Waals surface area contributed by atoms with Gasteiger partial charge in [0.25, 0.3) is 5.91 Å². The third-order valence-corrected chi connectivity index (χ3v) is 5.08. The molecule has 4 rings (SSSR count). The summed E-state index contributed by atoms with van der Waals surface area (Å²) in [6.07, 6.45) is 1.58. The van der Waals surface area contributed by atoms with Crippen LogP contribution in [0.25, 0.3) is 0 Å². The van der Waals surface area contributed by atoms with E-state index >= 15 is 0 Å². The van der Waals surface area contributed by atoms with Gasteiger partial charge in [0.1, 0.15) is 5.69 Å². The molecule has 2 aromatic carbocycles. The van der Waals surface area contributed by atoms with Gasteiger partial charge in [0.05, 0.1) is 11.6 Å². The third-order valence-electron chi connectivity index (χ3n) is 5.08. The number of carbonyl (C=O) groups is 1. The van der Waals surface area contributed by atoms with Crippen LogP contribution in [-0.2, 0) is 0 Å². The molecule has 1 aromatic heterocycles. The van der Waals surface area contributed by atoms with E-state index in [-0.39, 0.29) is 5.91 Å². The van der Waals surface area contributed by atoms with E-state index in [1.165, 1.54) is 11.3 Å². The Morgan fingerprint density at radius 1 is 1.07 bits per heavy atom. The number of benzene rings is 2. The number of anilines is 3. The number of amides is 1. The molecule has 7 nitrogen and oxygen atoms in total. The van der Waals surface area contributed by atoms with Crippen LogP contribution in [0.1, 0.15) is 21.6 Å². The van der Waals surface area contributed by atoms with Crippen LogP contribution in [0.4, 0.5) is 17.3 Å². The normalized spacial score (nSPS) is 13.6. The second-order valence-electron chi connectivity index (χ2n) is 7.20. The Morgan fingerprint density at radius 2 is 1.83 bits per heavy atom. The van der Waals surface area contributed by atoms with Crippen molar-refractivity contribution in [1.29, 1.82) is 5.26 Å². The molecule has 1 fully saturated rings. The molecule has 0 atom stereocenters. The lowest BCUT2D eigenvalue weighted by atomic mass is 10.2. The monoisotopic (exact) mass is 398 g/mol. The van der Waals surface area contributed by atoms with Crippen molar-refractivity contribution in [1.82, 2.24) is 14.9 Å². The molecular weight excluding hydrogens is 376 g/mol. The number of aryl methyl sites for hydroxylation is 1. The molecule has 1 amide bonds. The topological polar surface area (TPSA) is 85.1 Å². The highest BCUT2D eigenvalue weighted by molar-refractivity contribution is 5.92. The van der Waals surface area contributed by atoms with E-state index in [0.29, 0.717) is 30.3 Å². The number of nitrogens with one attached hydrogen (secondary N) is 1. The van der Waals surface area contributed by atoms with E-state index < -0.39 is 0 Å². The molecule has 3 aromatic rings. The van der Waals surface area contributed by atoms with Crippen molar-refractivity contribution >= 4 is 23.2 Å². The molecule has 2 heterocycles. The first kappa shape index (κ1) is 19.4. The van der Waals surface area contributed by atoms with E-state index in [0.717, 1.165) is 18.8 Å². The molecule has 1 N–H and O–H groups in total. The van der Waals surface area contributed by atoms with Gasteiger partial charge >= 0.3 is 0 Å². The maximum Gasteiger partial charge on any atom is 0.272 e. The van der Waals surface area contributed by atoms with Crippen molar-refractivity contribution < 1.29 is 4.79 Å². The Morgan fingerprint density at radius 3 is 2.53 bits per heavy atom. The number of nitrogens with zero attached hydrogens (tertiary/aromatic N) is 5. The first-order chi connectivity index (χ1) is 14.6. The Bertz CT molecular complexity index is 1080. The standard InChI is InChI=1S/C23H22N6O/c1-17-3-2-4-20(15-17)28-11-13-29(14-12-28)22(30)21-9-10-25-23(27-21)26-19-7-5-18(16-24)6-8-19/h2-10,15H,11-14H2,1H3,(H,25,26,27). The molecule has 1 saturated heterocycles. The number of aromatic nitrogens is 2. The van der Waals surface area contributed by atoms with Crippen LogP contribution in [0.5, 0.6) is 0 Å². The Kier molecular flexibility index (Phi) is 5.57. The SMILES string of the molecule is Cc1cccc(N2CCN(C(=O)c3ccnc(Nc4ccc(C#N)cc4)n3)CC2)c1. The molecule has 1 aliphatic heterocycles. The minimum absolute atomic E-state index is 0.0934. The smallest absolute Gasteiger partial charge is 0.272 e. The molecule has 0 aliphatic carbocycles. The highest BCUT2D eigenvalue weighted by Gasteiger charge is 2.23. The van der Waals surface area contributed by atoms with Crippen molar-refractivity contribution in [3.05, 3.63) is 77.6 Å². The molecule has 30 heavy (non-hydrogen) atoms. The van der Waals surface area contributed by atoms with Gasteiger partial charge < -0.3 is 15.1 Å². The van der Waals surface area contributed by atoms with Gasteiger partial charge in [-0.15, -0.1) is 0 Å². The molecule has 0 saturated carbocycles. The van der Waals surface area contributed by atoms with Gasteiger partial charge in [0.2, 0.25) is 5.95 Å². The molecule has 1 aliphatic rings. The summed E-state index contributed by atoms with van der Waals surface area (Å²) in [6, 6.07) is 19.1. The number of hydrogen-bond donors (Lipinski definition) is 1. The van der Waals surface area contributed by atoms with Gasteiger partial charge in [0, 0.05) is 43.8 Å². The lowest BCUT2D eigenvalue weighted by Gasteiger charge is -2.36. The van der Waals surface area contributed by atoms with Gasteiger partial charge in [-0.05, 0) is 55.0 Å². The van der Waals surface area contributed by atoms with Gasteiger partial charge in [-0.1, -0.05) is 12.1 Å². The number of hydrogen-bond acceptors (Lipinski definition) is 6. The summed E-state index contributed by atoms with van der Waals surface area (Å²) < 4.78 is 0. The largest absolute Gasteiger partial charge is 0.368 e. The summed E-state index contributed by atoms with van der Waals surface area (Å²) in [6.45, 7) is 4.96. The average molecular weight is 398 g/mol. The molecule has 0 unspecified atom stereocenters. The first-order valence-electron chi connectivity index (χ1n) is 9.83. The fraction of sp³-hybridized carbons (Fsp3) is 0.217. The Balaban J connectivity index is 1.40. The number of piperazine rings is 1. The van der Waals surface area contributed by atoms with E-state index in [2.05, 4.69) is 57.4 Å². The quantitative estimate of drug-likeness (QED) is 0.725. The second-order valence-corrected chi connectivity index (χ2v) is 7.20. The highest BCUT2D eigenvalue weighted by Crippen LogP contribution is 2.19. The molecular formula is C23H22N6O. The highest BCUT2D eigenvalue weighted by atomic mass is 16.2. The lowest BCUT2D eigenvalue weighted by molar-refractivity contribution is 0.0741. The van der Waals surface area contributed by atoms with E-state index in [9.17, 15) is 4.79 Å². The van der Waals surface area contributed by atoms with Crippen molar-refractivity contribution in [2.24, 2.45) is 0 Å². The Labute approximate surface area is 175 Å². The van der Waals surface area contributed by atoms with Crippen molar-refractivity contribution in [3.8, 4) is 6.07 Å². The van der Waals surface area contributed by atoms with Crippen LogP contribution in [0.15, 0.2) is 60.8 Å². The summed E-state index contributed by atoms with van der Waals surface area (Å²) in [4.78, 5) is 25.7. The average Bonchev–Trinajstić information content (AvgIpc) is 2.79. The number of nitriles is 1. The van der Waals surface area contributed by atoms with Crippen molar-refractivity contribution in [2.75, 3.05) is 36.4 Å². The Hall–Kier alpha value is -3.92. The molecule has 150 valence electrons. The molecule has 7 heteroatoms. The maximum absolute atomic E-state index is 12.9. The minimum Gasteiger partial charge on any atom is -0.368 e. The predicted octanol–water partition coefficient (Wildman–Crippen LogP) is 3.36. The lowest BCUT2D eigenvalue weighted by Crippen LogP contribution is -2.49. The number of carbonyl (C=O) groups excluding carboxylic acids is 1. The van der Waals surface area contributed by atoms with E-state index in [1.807, 2.05) is 4.90 Å². The van der Waals surface area contributed by atoms with Crippen LogP contribution in [-0.4, -0.2) is 47.0 Å². The first-order valence-corrected chi connectivity index (χ1v) is 9.83. The van der Waals surface area contributed by atoms with Gasteiger partial charge in [-0.2, -0.15) is 5.26 Å². The third kappa shape index (κ3) is 4.39. The van der Waals surface area contributed by atoms with Crippen molar-refractivity contribution in [3.63, 3.8) is 0 Å². The fourth-order valence-corrected chi connectivity index (χ4v) is 3.45. The number of rotatable bonds is 4. The zero-order valence-corrected chi connectivity index (χ0v) is 16.7. The fourth-order valence-electron chi connectivity index (χ4n) is 3.45. The summed E-state index contributed by atoms with van der Waals surface area (Å²) in [5.74, 6) is 0.258. The zero-order valence-electron chi connectivity index (χ0n) is 16.7. The molecule has 0 spiro atoms. The predicted molar refractivity (Wildman–Crippen MR) is 116 cm³/mol. The van der Waals surface area contributed by atoms with E-state index in [4.69, 9.17) is 5.26 Å². The summed E-state index contributed by atoms with van der Waals surface area (Å²) in [7, 11) is 0. The van der Waals surface area contributed by atoms with Crippen LogP contribution in [0.3, 0.4) is 0 Å². The van der Waals surface area contributed by atoms with E-state index in [1.54, 1.807) is 36.5 Å². The van der Waals surface area contributed by atoms with Crippen molar-refractivity contribution in [2.45, 2.75) is 6.92 Å². The van der Waals surface area contributed by atoms with Gasteiger partial charge in [0.15, 0.2) is 0 Å². The molecule has 0 bridgehead atoms. The summed E-state index contributed by atoms with van der Waals surface area (Å²) in [5.41, 5.74) is 4.12. The van der Waals surface area contributed by atoms with Crippen LogP contribution in [0.2, 0.25) is 0 Å². The maximum atomic E-state index is 12.9. The zero-order chi connectivity index (χ0) is 20.9.